The number of phosphoric ester groups is 1. The number of unbranched alkanes of at least 4 members (excludes halogenated alkanes) is 14. The lowest BCUT2D eigenvalue weighted by atomic mass is 9.89. The van der Waals surface area contributed by atoms with Gasteiger partial charge < -0.3 is 20.6 Å². The number of allylic oxidation sites excluding steroid dienone is 2. The van der Waals surface area contributed by atoms with Crippen LogP contribution in [0.1, 0.15) is 149 Å². The van der Waals surface area contributed by atoms with Crippen molar-refractivity contribution in [2.45, 2.75) is 155 Å². The molecular formula is C28H60NO5P. The summed E-state index contributed by atoms with van der Waals surface area (Å²) < 4.78 is 14.9. The Morgan fingerprint density at radius 2 is 1.09 bits per heavy atom. The summed E-state index contributed by atoms with van der Waals surface area (Å²) in [5, 5.41) is 9.11. The first-order valence-electron chi connectivity index (χ1n) is 14.5. The van der Waals surface area contributed by atoms with Gasteiger partial charge in [-0.05, 0) is 44.9 Å². The van der Waals surface area contributed by atoms with Crippen LogP contribution >= 0.6 is 7.82 Å². The van der Waals surface area contributed by atoms with Crippen LogP contribution in [0, 0.1) is 0 Å². The minimum absolute atomic E-state index is 0.132. The van der Waals surface area contributed by atoms with Crippen LogP contribution in [0.4, 0.5) is 0 Å². The highest BCUT2D eigenvalue weighted by Crippen LogP contribution is 2.35. The predicted octanol–water partition coefficient (Wildman–Crippen LogP) is 8.19. The largest absolute Gasteiger partial charge is 0.469 e. The zero-order valence-corrected chi connectivity index (χ0v) is 24.3. The van der Waals surface area contributed by atoms with Crippen molar-refractivity contribution in [3.8, 4) is 0 Å². The summed E-state index contributed by atoms with van der Waals surface area (Å²) in [6.07, 6.45) is 28.2. The van der Waals surface area contributed by atoms with E-state index in [1.54, 1.807) is 0 Å². The SMILES string of the molecule is CCCCC(N)(CO)CCCC.CCCCCCCC/C=C\CCCCCCCCOP(=O)(O)O. The van der Waals surface area contributed by atoms with Crippen molar-refractivity contribution in [1.29, 1.82) is 0 Å². The molecule has 6 nitrogen and oxygen atoms in total. The smallest absolute Gasteiger partial charge is 0.394 e. The summed E-state index contributed by atoms with van der Waals surface area (Å²) in [6, 6.07) is 0. The van der Waals surface area contributed by atoms with E-state index >= 15 is 0 Å². The Hall–Kier alpha value is -0.230. The Morgan fingerprint density at radius 1 is 0.686 bits per heavy atom. The van der Waals surface area contributed by atoms with Crippen LogP contribution in [-0.4, -0.2) is 33.6 Å². The minimum atomic E-state index is -4.26. The van der Waals surface area contributed by atoms with E-state index in [1.807, 2.05) is 0 Å². The van der Waals surface area contributed by atoms with Crippen molar-refractivity contribution in [2.24, 2.45) is 5.73 Å². The number of phosphoric acid groups is 1. The maximum atomic E-state index is 10.5. The Labute approximate surface area is 217 Å². The normalized spacial score (nSPS) is 12.2. The number of nitrogens with two attached hydrogens (primary N) is 1. The molecule has 0 radical (unpaired) electrons. The average molecular weight is 522 g/mol. The van der Waals surface area contributed by atoms with Crippen LogP contribution in [-0.2, 0) is 9.09 Å². The fourth-order valence-corrected chi connectivity index (χ4v) is 4.24. The molecule has 0 amide bonds. The molecule has 0 spiro atoms. The summed E-state index contributed by atoms with van der Waals surface area (Å²) >= 11 is 0. The van der Waals surface area contributed by atoms with E-state index in [1.165, 1.54) is 70.6 Å². The lowest BCUT2D eigenvalue weighted by molar-refractivity contribution is 0.173. The van der Waals surface area contributed by atoms with Gasteiger partial charge in [0.2, 0.25) is 0 Å². The molecule has 0 aliphatic rings. The summed E-state index contributed by atoms with van der Waals surface area (Å²) in [6.45, 7) is 6.84. The van der Waals surface area contributed by atoms with Crippen LogP contribution in [0.5, 0.6) is 0 Å². The molecule has 35 heavy (non-hydrogen) atoms. The van der Waals surface area contributed by atoms with Gasteiger partial charge in [0.25, 0.3) is 0 Å². The number of hydrogen-bond donors (Lipinski definition) is 4. The molecule has 0 aromatic rings. The molecule has 0 fully saturated rings. The van der Waals surface area contributed by atoms with Gasteiger partial charge in [0, 0.05) is 5.54 Å². The molecule has 5 N–H and O–H groups in total. The summed E-state index contributed by atoms with van der Waals surface area (Å²) in [7, 11) is -4.26. The van der Waals surface area contributed by atoms with E-state index in [9.17, 15) is 4.57 Å². The second kappa shape index (κ2) is 26.8. The third-order valence-electron chi connectivity index (χ3n) is 6.29. The first kappa shape index (κ1) is 36.9. The van der Waals surface area contributed by atoms with Gasteiger partial charge in [-0.2, -0.15) is 0 Å². The topological polar surface area (TPSA) is 113 Å². The predicted molar refractivity (Wildman–Crippen MR) is 151 cm³/mol. The molecule has 0 bridgehead atoms. The second-order valence-corrected chi connectivity index (χ2v) is 11.2. The van der Waals surface area contributed by atoms with Crippen LogP contribution in [0.15, 0.2) is 12.2 Å². The second-order valence-electron chi connectivity index (χ2n) is 9.99. The molecule has 0 unspecified atom stereocenters. The van der Waals surface area contributed by atoms with E-state index in [4.69, 9.17) is 20.6 Å². The molecule has 0 aliphatic carbocycles. The van der Waals surface area contributed by atoms with Gasteiger partial charge in [0.1, 0.15) is 0 Å². The quantitative estimate of drug-likeness (QED) is 0.0578. The van der Waals surface area contributed by atoms with Crippen molar-refractivity contribution in [1.82, 2.24) is 0 Å². The number of aliphatic hydroxyl groups is 1. The van der Waals surface area contributed by atoms with E-state index in [2.05, 4.69) is 37.4 Å². The van der Waals surface area contributed by atoms with Crippen molar-refractivity contribution in [2.75, 3.05) is 13.2 Å². The molecule has 0 saturated carbocycles. The van der Waals surface area contributed by atoms with E-state index in [0.29, 0.717) is 0 Å². The molecule has 0 heterocycles. The number of aliphatic hydroxyl groups excluding tert-OH is 1. The van der Waals surface area contributed by atoms with Gasteiger partial charge >= 0.3 is 7.82 Å². The van der Waals surface area contributed by atoms with Crippen LogP contribution in [0.25, 0.3) is 0 Å². The van der Waals surface area contributed by atoms with E-state index in [0.717, 1.165) is 57.8 Å². The molecule has 212 valence electrons. The highest BCUT2D eigenvalue weighted by Gasteiger charge is 2.21. The molecule has 0 atom stereocenters. The molecule has 0 saturated heterocycles. The third kappa shape index (κ3) is 31.7. The van der Waals surface area contributed by atoms with Crippen LogP contribution < -0.4 is 5.73 Å². The summed E-state index contributed by atoms with van der Waals surface area (Å²) in [5.74, 6) is 0. The van der Waals surface area contributed by atoms with Crippen molar-refractivity contribution in [3.05, 3.63) is 12.2 Å². The highest BCUT2D eigenvalue weighted by molar-refractivity contribution is 7.46. The van der Waals surface area contributed by atoms with Crippen LogP contribution in [0.2, 0.25) is 0 Å². The van der Waals surface area contributed by atoms with E-state index in [-0.39, 0.29) is 18.8 Å². The van der Waals surface area contributed by atoms with Gasteiger partial charge in [-0.3, -0.25) is 4.52 Å². The molecule has 7 heteroatoms. The molecule has 0 aromatic carbocycles. The summed E-state index contributed by atoms with van der Waals surface area (Å²) in [4.78, 5) is 17.1. The Kier molecular flexibility index (Phi) is 28.3. The number of rotatable bonds is 24. The number of hydrogen-bond acceptors (Lipinski definition) is 4. The van der Waals surface area contributed by atoms with E-state index < -0.39 is 7.82 Å². The zero-order valence-electron chi connectivity index (χ0n) is 23.4. The zero-order chi connectivity index (χ0) is 26.7. The van der Waals surface area contributed by atoms with Gasteiger partial charge in [0.05, 0.1) is 13.2 Å². The Morgan fingerprint density at radius 3 is 1.49 bits per heavy atom. The molecule has 0 aromatic heterocycles. The fourth-order valence-electron chi connectivity index (χ4n) is 3.87. The van der Waals surface area contributed by atoms with Crippen LogP contribution in [0.3, 0.4) is 0 Å². The highest BCUT2D eigenvalue weighted by atomic mass is 31.2. The maximum absolute atomic E-state index is 10.5. The molecule has 0 rings (SSSR count). The standard InChI is InChI=1S/C18H37O4P.C10H23NO/c1-2-3-4-5-6-7-8-9-10-11-12-13-14-15-16-17-18-22-23(19,20)21;1-3-5-7-10(11,9-12)8-6-4-2/h9-10H,2-8,11-18H2,1H3,(H2,19,20,21);12H,3-9,11H2,1-2H3/b10-9-;. The fraction of sp³-hybridized carbons (Fsp3) is 0.929. The molecular weight excluding hydrogens is 461 g/mol. The third-order valence-corrected chi connectivity index (χ3v) is 6.81. The van der Waals surface area contributed by atoms with Gasteiger partial charge in [0.15, 0.2) is 0 Å². The summed E-state index contributed by atoms with van der Waals surface area (Å²) in [5.41, 5.74) is 5.72. The Balaban J connectivity index is 0. The Bertz CT molecular complexity index is 488. The van der Waals surface area contributed by atoms with Crippen molar-refractivity contribution < 1.29 is 24.0 Å². The lowest BCUT2D eigenvalue weighted by Crippen LogP contribution is -2.43. The maximum Gasteiger partial charge on any atom is 0.469 e. The first-order valence-corrected chi connectivity index (χ1v) is 16.0. The first-order chi connectivity index (χ1) is 16.7. The molecule has 0 aliphatic heterocycles. The van der Waals surface area contributed by atoms with Gasteiger partial charge in [-0.15, -0.1) is 0 Å². The minimum Gasteiger partial charge on any atom is -0.394 e. The average Bonchev–Trinajstić information content (AvgIpc) is 2.83. The van der Waals surface area contributed by atoms with Gasteiger partial charge in [-0.1, -0.05) is 116 Å². The lowest BCUT2D eigenvalue weighted by Gasteiger charge is -2.26. The van der Waals surface area contributed by atoms with Crippen molar-refractivity contribution >= 4 is 7.82 Å². The van der Waals surface area contributed by atoms with Crippen molar-refractivity contribution in [3.63, 3.8) is 0 Å². The monoisotopic (exact) mass is 521 g/mol. The van der Waals surface area contributed by atoms with Gasteiger partial charge in [-0.25, -0.2) is 4.57 Å².